The maximum absolute atomic E-state index is 6.38. The van der Waals surface area contributed by atoms with Gasteiger partial charge in [-0.05, 0) is 33.5 Å². The van der Waals surface area contributed by atoms with E-state index >= 15 is 0 Å². The first kappa shape index (κ1) is 18.7. The molecule has 0 aliphatic carbocycles. The summed E-state index contributed by atoms with van der Waals surface area (Å²) in [6.07, 6.45) is 3.99. The van der Waals surface area contributed by atoms with Crippen LogP contribution >= 0.6 is 0 Å². The molecule has 0 N–H and O–H groups in total. The second-order valence-electron chi connectivity index (χ2n) is 7.87. The lowest BCUT2D eigenvalue weighted by Crippen LogP contribution is -2.42. The molecule has 5 rings (SSSR count). The van der Waals surface area contributed by atoms with Crippen molar-refractivity contribution in [3.63, 3.8) is 0 Å². The minimum absolute atomic E-state index is 0.118. The molecule has 0 amide bonds. The summed E-state index contributed by atoms with van der Waals surface area (Å²) in [5.74, 6) is 0. The van der Waals surface area contributed by atoms with E-state index in [9.17, 15) is 0 Å². The summed E-state index contributed by atoms with van der Waals surface area (Å²) in [6.45, 7) is 5.00. The zero-order valence-electron chi connectivity index (χ0n) is 17.0. The fourth-order valence-corrected chi connectivity index (χ4v) is 4.41. The van der Waals surface area contributed by atoms with E-state index in [1.54, 1.807) is 12.7 Å². The van der Waals surface area contributed by atoms with Crippen LogP contribution < -0.4 is 0 Å². The minimum atomic E-state index is -0.389. The summed E-state index contributed by atoms with van der Waals surface area (Å²) in [5.41, 5.74) is 2.90. The van der Waals surface area contributed by atoms with Crippen LogP contribution in [0.25, 0.3) is 16.3 Å². The van der Waals surface area contributed by atoms with Crippen LogP contribution in [0.2, 0.25) is 0 Å². The molecular weight excluding hydrogens is 372 g/mol. The molecule has 30 heavy (non-hydrogen) atoms. The lowest BCUT2D eigenvalue weighted by molar-refractivity contribution is -0.163. The number of fused-ring (bicyclic) bond motifs is 1. The maximum Gasteiger partial charge on any atom is 0.137 e. The number of hydrogen-bond acceptors (Lipinski definition) is 4. The van der Waals surface area contributed by atoms with Gasteiger partial charge in [-0.2, -0.15) is 10.2 Å². The van der Waals surface area contributed by atoms with Gasteiger partial charge in [0.1, 0.15) is 18.8 Å². The van der Waals surface area contributed by atoms with Crippen molar-refractivity contribution in [2.75, 3.05) is 7.05 Å². The summed E-state index contributed by atoms with van der Waals surface area (Å²) in [5, 5.41) is 8.80. The van der Waals surface area contributed by atoms with Crippen LogP contribution in [0.5, 0.6) is 0 Å². The molecule has 0 spiro atoms. The highest BCUT2D eigenvalue weighted by Crippen LogP contribution is 2.44. The second kappa shape index (κ2) is 7.52. The Hall–Kier alpha value is -3.28. The Morgan fingerprint density at radius 1 is 1.07 bits per heavy atom. The van der Waals surface area contributed by atoms with Gasteiger partial charge in [-0.15, -0.1) is 0 Å². The molecule has 0 radical (unpaired) electrons. The van der Waals surface area contributed by atoms with Crippen molar-refractivity contribution in [3.05, 3.63) is 103 Å². The molecule has 0 bridgehead atoms. The number of rotatable bonds is 5. The number of hydrogen-bond donors (Lipinski definition) is 0. The second-order valence-corrected chi connectivity index (χ2v) is 7.87. The fraction of sp³-hybridized carbons (Fsp3) is 0.200. The van der Waals surface area contributed by atoms with Crippen molar-refractivity contribution in [2.24, 2.45) is 0 Å². The number of aromatic nitrogens is 3. The summed E-state index contributed by atoms with van der Waals surface area (Å²) < 4.78 is 1.88. The van der Waals surface area contributed by atoms with Gasteiger partial charge in [0.05, 0.1) is 12.1 Å². The Kier molecular flexibility index (Phi) is 4.69. The lowest BCUT2D eigenvalue weighted by Gasteiger charge is -2.34. The van der Waals surface area contributed by atoms with Gasteiger partial charge in [-0.25, -0.2) is 4.98 Å². The highest BCUT2D eigenvalue weighted by molar-refractivity contribution is 5.83. The molecule has 3 aromatic carbocycles. The third kappa shape index (κ3) is 3.22. The molecule has 4 aromatic rings. The van der Waals surface area contributed by atoms with Gasteiger partial charge in [0.2, 0.25) is 0 Å². The van der Waals surface area contributed by atoms with Crippen LogP contribution in [0.1, 0.15) is 17.5 Å². The average Bonchev–Trinajstić information content (AvgIpc) is 3.42. The number of nitrogens with zero attached hydrogens (tertiary/aromatic N) is 4. The zero-order chi connectivity index (χ0) is 20.6. The van der Waals surface area contributed by atoms with Crippen LogP contribution in [0.15, 0.2) is 92.0 Å². The van der Waals surface area contributed by atoms with Gasteiger partial charge in [-0.3, -0.25) is 9.52 Å². The number of likely N-dealkylation sites (N-methyl/N-ethyl adjacent to an activating group) is 1. The van der Waals surface area contributed by atoms with Crippen LogP contribution in [0.3, 0.4) is 0 Å². The molecule has 1 fully saturated rings. The highest BCUT2D eigenvalue weighted by Gasteiger charge is 2.48. The van der Waals surface area contributed by atoms with Crippen molar-refractivity contribution in [3.8, 4) is 0 Å². The SMILES string of the molecule is C=C(c1ccccc1)C1CC(Cn2cncn2)(c2ccc3ccccc3c2)N(C)O1. The summed E-state index contributed by atoms with van der Waals surface area (Å²) in [6, 6.07) is 25.3. The third-order valence-corrected chi connectivity index (χ3v) is 6.12. The van der Waals surface area contributed by atoms with Crippen molar-refractivity contribution in [2.45, 2.75) is 24.6 Å². The molecule has 5 nitrogen and oxygen atoms in total. The van der Waals surface area contributed by atoms with Crippen LogP contribution in [-0.4, -0.2) is 33.0 Å². The van der Waals surface area contributed by atoms with Crippen molar-refractivity contribution < 1.29 is 4.84 Å². The molecule has 2 heterocycles. The van der Waals surface area contributed by atoms with Crippen LogP contribution in [0.4, 0.5) is 0 Å². The maximum atomic E-state index is 6.38. The predicted octanol–water partition coefficient (Wildman–Crippen LogP) is 4.68. The normalized spacial score (nSPS) is 21.8. The van der Waals surface area contributed by atoms with E-state index in [1.165, 1.54) is 16.3 Å². The summed E-state index contributed by atoms with van der Waals surface area (Å²) >= 11 is 0. The van der Waals surface area contributed by atoms with Gasteiger partial charge in [0, 0.05) is 13.5 Å². The Labute approximate surface area is 176 Å². The standard InChI is InChI=1S/C25H24N4O/c1-19(20-8-4-3-5-9-20)24-15-25(28(2)30-24,16-29-18-26-17-27-29)23-13-12-21-10-6-7-11-22(21)14-23/h3-14,17-18,24H,1,15-16H2,2H3. The van der Waals surface area contributed by atoms with E-state index in [0.717, 1.165) is 17.6 Å². The molecule has 150 valence electrons. The molecule has 2 atom stereocenters. The Morgan fingerprint density at radius 2 is 1.83 bits per heavy atom. The highest BCUT2D eigenvalue weighted by atomic mass is 16.7. The van der Waals surface area contributed by atoms with E-state index in [0.29, 0.717) is 6.54 Å². The Balaban J connectivity index is 1.57. The van der Waals surface area contributed by atoms with Gasteiger partial charge in [0.25, 0.3) is 0 Å². The van der Waals surface area contributed by atoms with Crippen LogP contribution in [0, 0.1) is 0 Å². The van der Waals surface area contributed by atoms with Crippen LogP contribution in [-0.2, 0) is 16.9 Å². The summed E-state index contributed by atoms with van der Waals surface area (Å²) in [7, 11) is 2.00. The lowest BCUT2D eigenvalue weighted by atomic mass is 9.82. The topological polar surface area (TPSA) is 43.2 Å². The van der Waals surface area contributed by atoms with E-state index in [-0.39, 0.29) is 11.6 Å². The Morgan fingerprint density at radius 3 is 2.60 bits per heavy atom. The molecular formula is C25H24N4O. The first-order valence-electron chi connectivity index (χ1n) is 10.1. The molecule has 1 saturated heterocycles. The largest absolute Gasteiger partial charge is 0.290 e. The van der Waals surface area contributed by atoms with Gasteiger partial charge in [0.15, 0.2) is 0 Å². The number of hydroxylamine groups is 2. The van der Waals surface area contributed by atoms with Crippen molar-refractivity contribution in [1.82, 2.24) is 19.8 Å². The molecule has 1 aliphatic rings. The van der Waals surface area contributed by atoms with E-state index in [2.05, 4.69) is 71.3 Å². The average molecular weight is 396 g/mol. The van der Waals surface area contributed by atoms with E-state index < -0.39 is 0 Å². The molecule has 1 aromatic heterocycles. The van der Waals surface area contributed by atoms with Gasteiger partial charge in [-0.1, -0.05) is 73.3 Å². The monoisotopic (exact) mass is 396 g/mol. The first-order valence-corrected chi connectivity index (χ1v) is 10.1. The first-order chi connectivity index (χ1) is 14.7. The third-order valence-electron chi connectivity index (χ3n) is 6.12. The Bertz CT molecular complexity index is 1170. The zero-order valence-corrected chi connectivity index (χ0v) is 17.0. The van der Waals surface area contributed by atoms with Gasteiger partial charge >= 0.3 is 0 Å². The molecule has 2 unspecified atom stereocenters. The van der Waals surface area contributed by atoms with E-state index in [1.807, 2.05) is 35.0 Å². The van der Waals surface area contributed by atoms with Crippen molar-refractivity contribution >= 4 is 16.3 Å². The quantitative estimate of drug-likeness (QED) is 0.491. The van der Waals surface area contributed by atoms with Gasteiger partial charge < -0.3 is 0 Å². The van der Waals surface area contributed by atoms with Crippen molar-refractivity contribution in [1.29, 1.82) is 0 Å². The fourth-order valence-electron chi connectivity index (χ4n) is 4.41. The molecule has 5 heteroatoms. The number of benzene rings is 3. The minimum Gasteiger partial charge on any atom is -0.290 e. The predicted molar refractivity (Wildman–Crippen MR) is 118 cm³/mol. The molecule has 0 saturated carbocycles. The smallest absolute Gasteiger partial charge is 0.137 e. The summed E-state index contributed by atoms with van der Waals surface area (Å²) in [4.78, 5) is 10.5. The van der Waals surface area contributed by atoms with E-state index in [4.69, 9.17) is 4.84 Å². The molecule has 1 aliphatic heterocycles.